The van der Waals surface area contributed by atoms with E-state index in [0.717, 1.165) is 0 Å². The lowest BCUT2D eigenvalue weighted by atomic mass is 10.3. The lowest BCUT2D eigenvalue weighted by Crippen LogP contribution is -2.41. The zero-order valence-corrected chi connectivity index (χ0v) is 17.4. The molecular formula is C11H15I3N2O4. The van der Waals surface area contributed by atoms with Crippen LogP contribution in [0.15, 0.2) is 0 Å². The van der Waals surface area contributed by atoms with Gasteiger partial charge < -0.3 is 0 Å². The Labute approximate surface area is 158 Å². The van der Waals surface area contributed by atoms with Crippen molar-refractivity contribution in [1.82, 2.24) is 9.80 Å². The number of hydrogen-bond donors (Lipinski definition) is 0. The van der Waals surface area contributed by atoms with E-state index in [9.17, 15) is 19.2 Å². The van der Waals surface area contributed by atoms with E-state index < -0.39 is 0 Å². The van der Waals surface area contributed by atoms with Gasteiger partial charge in [0, 0.05) is 80.9 Å². The molecule has 0 bridgehead atoms. The highest BCUT2D eigenvalue weighted by molar-refractivity contribution is 14.1. The Balaban J connectivity index is 4.49. The Morgan fingerprint density at radius 3 is 1.25 bits per heavy atom. The molecule has 0 fully saturated rings. The van der Waals surface area contributed by atoms with E-state index in [4.69, 9.17) is 0 Å². The molecule has 6 nitrogen and oxygen atoms in total. The van der Waals surface area contributed by atoms with Crippen molar-refractivity contribution in [1.29, 1.82) is 0 Å². The van der Waals surface area contributed by atoms with Crippen LogP contribution in [0.2, 0.25) is 0 Å². The van der Waals surface area contributed by atoms with Gasteiger partial charge in [-0.1, -0.05) is 0 Å². The molecule has 20 heavy (non-hydrogen) atoms. The van der Waals surface area contributed by atoms with Crippen molar-refractivity contribution >= 4 is 84.9 Å². The average Bonchev–Trinajstić information content (AvgIpc) is 2.22. The molecule has 0 aliphatic heterocycles. The van der Waals surface area contributed by atoms with Gasteiger partial charge in [0.1, 0.15) is 5.78 Å². The molecule has 0 aromatic rings. The summed E-state index contributed by atoms with van der Waals surface area (Å²) in [5.74, 6) is -0.0239. The first kappa shape index (κ1) is 20.8. The predicted molar refractivity (Wildman–Crippen MR) is 101 cm³/mol. The first-order chi connectivity index (χ1) is 9.20. The summed E-state index contributed by atoms with van der Waals surface area (Å²) < 4.78 is -0.156. The maximum Gasteiger partial charge on any atom is 0.206 e. The summed E-state index contributed by atoms with van der Waals surface area (Å²) in [5, 5.41) is 0. The van der Waals surface area contributed by atoms with Crippen molar-refractivity contribution < 1.29 is 19.2 Å². The third-order valence-electron chi connectivity index (χ3n) is 2.22. The minimum Gasteiger partial charge on any atom is -0.299 e. The number of carbonyl (C=O) groups is 4. The molecule has 0 heterocycles. The lowest BCUT2D eigenvalue weighted by molar-refractivity contribution is -0.119. The molecule has 0 atom stereocenters. The molecule has 0 N–H and O–H groups in total. The summed E-state index contributed by atoms with van der Waals surface area (Å²) in [6.07, 6.45) is 0. The van der Waals surface area contributed by atoms with Crippen molar-refractivity contribution in [3.8, 4) is 0 Å². The molecule has 9 heteroatoms. The van der Waals surface area contributed by atoms with Gasteiger partial charge in [0.2, 0.25) is 11.4 Å². The second-order valence-electron chi connectivity index (χ2n) is 4.19. The van der Waals surface area contributed by atoms with Gasteiger partial charge >= 0.3 is 0 Å². The van der Waals surface area contributed by atoms with Crippen molar-refractivity contribution in [3.63, 3.8) is 0 Å². The van der Waals surface area contributed by atoms with Crippen molar-refractivity contribution in [2.24, 2.45) is 0 Å². The summed E-state index contributed by atoms with van der Waals surface area (Å²) in [7, 11) is 0. The van der Waals surface area contributed by atoms with Crippen LogP contribution in [0.4, 0.5) is 0 Å². The van der Waals surface area contributed by atoms with E-state index in [0.29, 0.717) is 13.1 Å². The van der Waals surface area contributed by atoms with Crippen LogP contribution >= 0.6 is 67.8 Å². The van der Waals surface area contributed by atoms with Crippen LogP contribution in [0, 0.1) is 0 Å². The molecule has 0 saturated carbocycles. The molecule has 114 valence electrons. The first-order valence-corrected chi connectivity index (χ1v) is 8.93. The van der Waals surface area contributed by atoms with Gasteiger partial charge in [-0.2, -0.15) is 0 Å². The summed E-state index contributed by atoms with van der Waals surface area (Å²) >= 11 is 5.05. The summed E-state index contributed by atoms with van der Waals surface area (Å²) in [6, 6.07) is 0. The zero-order valence-electron chi connectivity index (χ0n) is 10.9. The van der Waals surface area contributed by atoms with Gasteiger partial charge in [-0.15, -0.1) is 0 Å². The number of Topliss-reactive ketones (excluding diaryl/α,β-unsaturated/α-hetero) is 1. The number of carbonyl (C=O) groups excluding carboxylic acids is 4. The molecule has 0 rings (SSSR count). The number of ketones is 1. The Morgan fingerprint density at radius 1 is 0.700 bits per heavy atom. The summed E-state index contributed by atoms with van der Waals surface area (Å²) in [5.41, 5.74) is 0. The predicted octanol–water partition coefficient (Wildman–Crippen LogP) is 1.06. The third-order valence-corrected chi connectivity index (χ3v) is 3.25. The van der Waals surface area contributed by atoms with Crippen LogP contribution in [-0.2, 0) is 19.2 Å². The molecule has 0 aliphatic rings. The SMILES string of the molecule is CC(=O)CN(CCN(CC(=O)I)CC(=O)I)CC(=O)I. The largest absolute Gasteiger partial charge is 0.299 e. The average molecular weight is 620 g/mol. The smallest absolute Gasteiger partial charge is 0.206 e. The Bertz CT molecular complexity index is 322. The molecule has 0 amide bonds. The molecule has 0 spiro atoms. The van der Waals surface area contributed by atoms with Crippen LogP contribution in [0.5, 0.6) is 0 Å². The number of halogens is 3. The summed E-state index contributed by atoms with van der Waals surface area (Å²) in [6.45, 7) is 3.13. The second kappa shape index (κ2) is 11.4. The zero-order chi connectivity index (χ0) is 15.7. The van der Waals surface area contributed by atoms with Crippen LogP contribution in [0.3, 0.4) is 0 Å². The van der Waals surface area contributed by atoms with Crippen LogP contribution in [0.25, 0.3) is 0 Å². The molecule has 0 saturated heterocycles. The molecular weight excluding hydrogens is 605 g/mol. The first-order valence-electron chi connectivity index (χ1n) is 5.70. The van der Waals surface area contributed by atoms with E-state index in [1.54, 1.807) is 77.6 Å². The fourth-order valence-corrected chi connectivity index (χ4v) is 3.00. The minimum absolute atomic E-state index is 0.0239. The van der Waals surface area contributed by atoms with Gasteiger partial charge in [0.25, 0.3) is 0 Å². The Kier molecular flexibility index (Phi) is 11.8. The van der Waals surface area contributed by atoms with E-state index >= 15 is 0 Å². The maximum absolute atomic E-state index is 11.2. The number of rotatable bonds is 11. The Morgan fingerprint density at radius 2 is 1.00 bits per heavy atom. The highest BCUT2D eigenvalue weighted by atomic mass is 127. The number of nitrogens with zero attached hydrogens (tertiary/aromatic N) is 2. The van der Waals surface area contributed by atoms with Gasteiger partial charge in [-0.05, 0) is 6.92 Å². The molecule has 0 unspecified atom stereocenters. The molecule has 0 radical (unpaired) electrons. The van der Waals surface area contributed by atoms with E-state index in [1.165, 1.54) is 6.92 Å². The van der Waals surface area contributed by atoms with E-state index in [1.807, 2.05) is 0 Å². The van der Waals surface area contributed by atoms with Crippen LogP contribution in [-0.4, -0.2) is 66.2 Å². The van der Waals surface area contributed by atoms with Crippen LogP contribution in [0.1, 0.15) is 6.92 Å². The second-order valence-corrected chi connectivity index (χ2v) is 7.80. The molecule has 0 aromatic carbocycles. The highest BCUT2D eigenvalue weighted by Crippen LogP contribution is 2.01. The standard InChI is InChI=1S/C11H15I3N2O4/c1-8(17)4-15(5-9(12)18)2-3-16(6-10(13)19)7-11(14)20/h2-7H2,1H3. The van der Waals surface area contributed by atoms with E-state index in [2.05, 4.69) is 0 Å². The van der Waals surface area contributed by atoms with Gasteiger partial charge in [0.15, 0.2) is 0 Å². The molecule has 0 aliphatic carbocycles. The van der Waals surface area contributed by atoms with Crippen molar-refractivity contribution in [3.05, 3.63) is 0 Å². The lowest BCUT2D eigenvalue weighted by Gasteiger charge is -2.24. The van der Waals surface area contributed by atoms with Gasteiger partial charge in [-0.25, -0.2) is 0 Å². The number of hydrogen-bond acceptors (Lipinski definition) is 6. The minimum atomic E-state index is -0.0525. The van der Waals surface area contributed by atoms with Gasteiger partial charge in [0.05, 0.1) is 26.2 Å². The van der Waals surface area contributed by atoms with Crippen LogP contribution < -0.4 is 0 Å². The van der Waals surface area contributed by atoms with E-state index in [-0.39, 0.29) is 43.3 Å². The highest BCUT2D eigenvalue weighted by Gasteiger charge is 2.16. The normalized spacial score (nSPS) is 10.9. The quantitative estimate of drug-likeness (QED) is 0.255. The van der Waals surface area contributed by atoms with Crippen molar-refractivity contribution in [2.75, 3.05) is 39.3 Å². The van der Waals surface area contributed by atoms with Crippen molar-refractivity contribution in [2.45, 2.75) is 6.92 Å². The van der Waals surface area contributed by atoms with Gasteiger partial charge in [-0.3, -0.25) is 29.0 Å². The third kappa shape index (κ3) is 12.5. The molecule has 0 aromatic heterocycles. The fraction of sp³-hybridized carbons (Fsp3) is 0.636. The fourth-order valence-electron chi connectivity index (χ4n) is 1.55. The topological polar surface area (TPSA) is 74.8 Å². The monoisotopic (exact) mass is 620 g/mol. The Hall–Kier alpha value is 0.790. The maximum atomic E-state index is 11.2. The summed E-state index contributed by atoms with van der Waals surface area (Å²) in [4.78, 5) is 48.0.